The molecular formula is C24H21F3N2O. The van der Waals surface area contributed by atoms with Crippen LogP contribution in [0.4, 0.5) is 18.9 Å². The van der Waals surface area contributed by atoms with Gasteiger partial charge in [-0.05, 0) is 54.4 Å². The normalized spacial score (nSPS) is 19.0. The number of ether oxygens (including phenoxy) is 1. The maximum atomic E-state index is 13.0. The van der Waals surface area contributed by atoms with E-state index in [1.165, 1.54) is 12.1 Å². The molecule has 0 aliphatic carbocycles. The maximum Gasteiger partial charge on any atom is 0.416 e. The summed E-state index contributed by atoms with van der Waals surface area (Å²) in [6, 6.07) is 22.6. The molecule has 0 N–H and O–H groups in total. The highest BCUT2D eigenvalue weighted by molar-refractivity contribution is 6.07. The molecule has 0 radical (unpaired) electrons. The second kappa shape index (κ2) is 7.86. The number of benzene rings is 3. The third-order valence-electron chi connectivity index (χ3n) is 5.31. The summed E-state index contributed by atoms with van der Waals surface area (Å²) in [4.78, 5) is 7.02. The highest BCUT2D eigenvalue weighted by Crippen LogP contribution is 2.39. The first-order valence-electron chi connectivity index (χ1n) is 9.61. The second-order valence-corrected chi connectivity index (χ2v) is 7.16. The number of anilines is 1. The number of aliphatic imine (C=N–C) groups is 1. The minimum atomic E-state index is -4.36. The average Bonchev–Trinajstić information content (AvgIpc) is 3.11. The van der Waals surface area contributed by atoms with Gasteiger partial charge >= 0.3 is 6.18 Å². The van der Waals surface area contributed by atoms with E-state index in [1.54, 1.807) is 7.11 Å². The van der Waals surface area contributed by atoms with Gasteiger partial charge in [-0.1, -0.05) is 42.5 Å². The quantitative estimate of drug-likeness (QED) is 0.518. The van der Waals surface area contributed by atoms with Crippen LogP contribution < -0.4 is 9.64 Å². The zero-order chi connectivity index (χ0) is 21.3. The van der Waals surface area contributed by atoms with Crippen molar-refractivity contribution in [2.75, 3.05) is 12.0 Å². The Morgan fingerprint density at radius 1 is 0.867 bits per heavy atom. The Bertz CT molecular complexity index is 1030. The predicted octanol–water partition coefficient (Wildman–Crippen LogP) is 6.11. The Kier molecular flexibility index (Phi) is 5.24. The zero-order valence-corrected chi connectivity index (χ0v) is 16.6. The zero-order valence-electron chi connectivity index (χ0n) is 16.6. The molecule has 1 aliphatic heterocycles. The van der Waals surface area contributed by atoms with Crippen molar-refractivity contribution in [1.29, 1.82) is 0 Å². The fraction of sp³-hybridized carbons (Fsp3) is 0.208. The van der Waals surface area contributed by atoms with Gasteiger partial charge in [-0.25, -0.2) is 0 Å². The van der Waals surface area contributed by atoms with Crippen molar-refractivity contribution in [1.82, 2.24) is 0 Å². The van der Waals surface area contributed by atoms with Crippen LogP contribution in [0.15, 0.2) is 83.9 Å². The van der Waals surface area contributed by atoms with E-state index in [9.17, 15) is 13.2 Å². The Hall–Kier alpha value is -3.28. The van der Waals surface area contributed by atoms with E-state index in [0.29, 0.717) is 5.69 Å². The topological polar surface area (TPSA) is 24.8 Å². The molecule has 30 heavy (non-hydrogen) atoms. The summed E-state index contributed by atoms with van der Waals surface area (Å²) in [5.41, 5.74) is 2.86. The number of methoxy groups -OCH3 is 1. The van der Waals surface area contributed by atoms with Crippen LogP contribution in [0.25, 0.3) is 0 Å². The van der Waals surface area contributed by atoms with Gasteiger partial charge in [-0.2, -0.15) is 13.2 Å². The van der Waals surface area contributed by atoms with Crippen molar-refractivity contribution in [3.05, 3.63) is 95.6 Å². The molecule has 0 saturated carbocycles. The first-order valence-corrected chi connectivity index (χ1v) is 9.61. The lowest BCUT2D eigenvalue weighted by atomic mass is 10.0. The summed E-state index contributed by atoms with van der Waals surface area (Å²) in [6.45, 7) is 2.02. The van der Waals surface area contributed by atoms with Crippen molar-refractivity contribution in [2.45, 2.75) is 25.3 Å². The van der Waals surface area contributed by atoms with Gasteiger partial charge in [0, 0.05) is 5.69 Å². The van der Waals surface area contributed by atoms with E-state index in [1.807, 2.05) is 66.4 Å². The van der Waals surface area contributed by atoms with Gasteiger partial charge in [-0.15, -0.1) is 0 Å². The van der Waals surface area contributed by atoms with Crippen LogP contribution >= 0.6 is 0 Å². The lowest BCUT2D eigenvalue weighted by Crippen LogP contribution is -2.35. The van der Waals surface area contributed by atoms with Gasteiger partial charge in [0.2, 0.25) is 0 Å². The summed E-state index contributed by atoms with van der Waals surface area (Å²) in [6.07, 6.45) is -4.71. The van der Waals surface area contributed by atoms with E-state index in [2.05, 4.69) is 0 Å². The molecule has 0 saturated heterocycles. The van der Waals surface area contributed by atoms with Crippen molar-refractivity contribution < 1.29 is 17.9 Å². The number of rotatable bonds is 4. The van der Waals surface area contributed by atoms with Gasteiger partial charge in [0.05, 0.1) is 24.4 Å². The average molecular weight is 410 g/mol. The SMILES string of the molecule is COc1ccc(C2N=C(c3ccccc3)C(C)N2c2ccc(C(F)(F)F)cc2)cc1. The largest absolute Gasteiger partial charge is 0.497 e. The molecule has 0 aromatic heterocycles. The number of hydrogen-bond acceptors (Lipinski definition) is 3. The van der Waals surface area contributed by atoms with Crippen LogP contribution in [-0.4, -0.2) is 18.9 Å². The van der Waals surface area contributed by atoms with Crippen LogP contribution in [0.2, 0.25) is 0 Å². The van der Waals surface area contributed by atoms with E-state index >= 15 is 0 Å². The molecule has 3 aromatic rings. The molecule has 154 valence electrons. The molecule has 0 fully saturated rings. The van der Waals surface area contributed by atoms with E-state index in [4.69, 9.17) is 9.73 Å². The van der Waals surface area contributed by atoms with Crippen LogP contribution in [-0.2, 0) is 6.18 Å². The molecule has 2 atom stereocenters. The lowest BCUT2D eigenvalue weighted by molar-refractivity contribution is -0.137. The van der Waals surface area contributed by atoms with Gasteiger partial charge in [-0.3, -0.25) is 4.99 Å². The van der Waals surface area contributed by atoms with Crippen molar-refractivity contribution in [3.8, 4) is 5.75 Å². The number of halogens is 3. The molecule has 2 unspecified atom stereocenters. The molecule has 1 heterocycles. The molecule has 3 nitrogen and oxygen atoms in total. The molecule has 4 rings (SSSR count). The smallest absolute Gasteiger partial charge is 0.416 e. The Morgan fingerprint density at radius 2 is 1.50 bits per heavy atom. The maximum absolute atomic E-state index is 13.0. The van der Waals surface area contributed by atoms with Gasteiger partial charge in [0.1, 0.15) is 11.9 Å². The van der Waals surface area contributed by atoms with E-state index in [-0.39, 0.29) is 12.2 Å². The molecule has 0 amide bonds. The molecular weight excluding hydrogens is 389 g/mol. The van der Waals surface area contributed by atoms with Crippen molar-refractivity contribution in [3.63, 3.8) is 0 Å². The van der Waals surface area contributed by atoms with Gasteiger partial charge in [0.15, 0.2) is 0 Å². The minimum Gasteiger partial charge on any atom is -0.497 e. The first-order chi connectivity index (χ1) is 14.4. The first kappa shape index (κ1) is 20.0. The Morgan fingerprint density at radius 3 is 2.07 bits per heavy atom. The fourth-order valence-electron chi connectivity index (χ4n) is 3.77. The highest BCUT2D eigenvalue weighted by atomic mass is 19.4. The number of alkyl halides is 3. The van der Waals surface area contributed by atoms with Crippen molar-refractivity contribution in [2.24, 2.45) is 4.99 Å². The summed E-state index contributed by atoms with van der Waals surface area (Å²) < 4.78 is 44.3. The minimum absolute atomic E-state index is 0.115. The lowest BCUT2D eigenvalue weighted by Gasteiger charge is -2.30. The molecule has 0 spiro atoms. The Balaban J connectivity index is 1.76. The third-order valence-corrected chi connectivity index (χ3v) is 5.31. The van der Waals surface area contributed by atoms with Gasteiger partial charge in [0.25, 0.3) is 0 Å². The predicted molar refractivity (Wildman–Crippen MR) is 112 cm³/mol. The van der Waals surface area contributed by atoms with E-state index in [0.717, 1.165) is 34.7 Å². The van der Waals surface area contributed by atoms with Crippen molar-refractivity contribution >= 4 is 11.4 Å². The monoisotopic (exact) mass is 410 g/mol. The third kappa shape index (κ3) is 3.77. The number of nitrogens with zero attached hydrogens (tertiary/aromatic N) is 2. The summed E-state index contributed by atoms with van der Waals surface area (Å²) in [5, 5.41) is 0. The van der Waals surface area contributed by atoms with Crippen LogP contribution in [0.5, 0.6) is 5.75 Å². The summed E-state index contributed by atoms with van der Waals surface area (Å²) >= 11 is 0. The molecule has 0 bridgehead atoms. The molecule has 6 heteroatoms. The molecule has 3 aromatic carbocycles. The standard InChI is InChI=1S/C24H21F3N2O/c1-16-22(17-6-4-3-5-7-17)28-23(18-8-14-21(30-2)15-9-18)29(16)20-12-10-19(11-13-20)24(25,26)27/h3-16,23H,1-2H3. The molecule has 1 aliphatic rings. The second-order valence-electron chi connectivity index (χ2n) is 7.16. The van der Waals surface area contributed by atoms with Crippen LogP contribution in [0, 0.1) is 0 Å². The van der Waals surface area contributed by atoms with Gasteiger partial charge < -0.3 is 9.64 Å². The highest BCUT2D eigenvalue weighted by Gasteiger charge is 2.36. The summed E-state index contributed by atoms with van der Waals surface area (Å²) in [7, 11) is 1.60. The van der Waals surface area contributed by atoms with E-state index < -0.39 is 11.7 Å². The fourth-order valence-corrected chi connectivity index (χ4v) is 3.77. The van der Waals surface area contributed by atoms with Crippen LogP contribution in [0.1, 0.15) is 29.8 Å². The van der Waals surface area contributed by atoms with Crippen LogP contribution in [0.3, 0.4) is 0 Å². The summed E-state index contributed by atoms with van der Waals surface area (Å²) in [5.74, 6) is 0.734. The number of hydrogen-bond donors (Lipinski definition) is 0. The Labute approximate surface area is 173 Å².